The van der Waals surface area contributed by atoms with Crippen LogP contribution < -0.4 is 0 Å². The number of carbonyl (C=O) groups is 2. The lowest BCUT2D eigenvalue weighted by Crippen LogP contribution is -2.58. The standard InChI is InChI=1S/C11H16N4O3/c1-11(10(17)18)4-2-3-5-15(11)9(16)6-14-8-12-7-13-14/h7-8H,2-6H2,1H3,(H,17,18). The molecule has 1 saturated heterocycles. The van der Waals surface area contributed by atoms with E-state index in [1.54, 1.807) is 6.92 Å². The van der Waals surface area contributed by atoms with Crippen LogP contribution in [0.3, 0.4) is 0 Å². The average Bonchev–Trinajstić information content (AvgIpc) is 2.82. The maximum absolute atomic E-state index is 12.2. The maximum Gasteiger partial charge on any atom is 0.329 e. The Kier molecular flexibility index (Phi) is 3.31. The smallest absolute Gasteiger partial charge is 0.329 e. The van der Waals surface area contributed by atoms with E-state index in [0.717, 1.165) is 12.8 Å². The number of carboxylic acid groups (broad SMARTS) is 1. The molecule has 1 fully saturated rings. The van der Waals surface area contributed by atoms with Gasteiger partial charge < -0.3 is 10.0 Å². The second kappa shape index (κ2) is 4.75. The zero-order valence-electron chi connectivity index (χ0n) is 10.2. The first kappa shape index (κ1) is 12.5. The summed E-state index contributed by atoms with van der Waals surface area (Å²) in [5.74, 6) is -1.18. The molecule has 2 heterocycles. The van der Waals surface area contributed by atoms with Gasteiger partial charge in [-0.05, 0) is 26.2 Å². The monoisotopic (exact) mass is 252 g/mol. The highest BCUT2D eigenvalue weighted by Gasteiger charge is 2.43. The van der Waals surface area contributed by atoms with Crippen LogP contribution in [0.25, 0.3) is 0 Å². The predicted molar refractivity (Wildman–Crippen MR) is 61.6 cm³/mol. The fraction of sp³-hybridized carbons (Fsp3) is 0.636. The molecule has 1 aromatic heterocycles. The van der Waals surface area contributed by atoms with Crippen molar-refractivity contribution in [2.45, 2.75) is 38.3 Å². The Labute approximate surface area is 104 Å². The van der Waals surface area contributed by atoms with Gasteiger partial charge in [0.1, 0.15) is 24.7 Å². The minimum Gasteiger partial charge on any atom is -0.480 e. The third-order valence-electron chi connectivity index (χ3n) is 3.42. The van der Waals surface area contributed by atoms with Crippen LogP contribution in [0.4, 0.5) is 0 Å². The van der Waals surface area contributed by atoms with Gasteiger partial charge in [0, 0.05) is 6.54 Å². The Bertz CT molecular complexity index is 445. The molecular formula is C11H16N4O3. The molecule has 7 nitrogen and oxygen atoms in total. The average molecular weight is 252 g/mol. The van der Waals surface area contributed by atoms with E-state index in [2.05, 4.69) is 10.1 Å². The summed E-state index contributed by atoms with van der Waals surface area (Å²) in [4.78, 5) is 28.7. The molecule has 0 aromatic carbocycles. The van der Waals surface area contributed by atoms with Crippen molar-refractivity contribution in [2.24, 2.45) is 0 Å². The SMILES string of the molecule is CC1(C(=O)O)CCCCN1C(=O)Cn1cncn1. The van der Waals surface area contributed by atoms with Crippen molar-refractivity contribution >= 4 is 11.9 Å². The number of rotatable bonds is 3. The van der Waals surface area contributed by atoms with Gasteiger partial charge in [0.25, 0.3) is 0 Å². The van der Waals surface area contributed by atoms with Crippen molar-refractivity contribution in [2.75, 3.05) is 6.54 Å². The molecule has 0 bridgehead atoms. The topological polar surface area (TPSA) is 88.3 Å². The van der Waals surface area contributed by atoms with Gasteiger partial charge in [-0.1, -0.05) is 0 Å². The maximum atomic E-state index is 12.2. The Balaban J connectivity index is 2.14. The summed E-state index contributed by atoms with van der Waals surface area (Å²) in [5, 5.41) is 13.2. The highest BCUT2D eigenvalue weighted by atomic mass is 16.4. The van der Waals surface area contributed by atoms with Crippen LogP contribution in [-0.4, -0.2) is 48.7 Å². The lowest BCUT2D eigenvalue weighted by atomic mass is 9.88. The summed E-state index contributed by atoms with van der Waals surface area (Å²) < 4.78 is 1.40. The molecule has 1 aromatic rings. The molecule has 18 heavy (non-hydrogen) atoms. The zero-order chi connectivity index (χ0) is 13.2. The molecular weight excluding hydrogens is 236 g/mol. The summed E-state index contributed by atoms with van der Waals surface area (Å²) in [7, 11) is 0. The third kappa shape index (κ3) is 2.20. The summed E-state index contributed by atoms with van der Waals surface area (Å²) in [5.41, 5.74) is -1.10. The Morgan fingerprint density at radius 2 is 2.22 bits per heavy atom. The summed E-state index contributed by atoms with van der Waals surface area (Å²) in [6.07, 6.45) is 4.95. The van der Waals surface area contributed by atoms with E-state index in [4.69, 9.17) is 0 Å². The van der Waals surface area contributed by atoms with Gasteiger partial charge in [-0.3, -0.25) is 4.79 Å². The highest BCUT2D eigenvalue weighted by molar-refractivity contribution is 5.86. The van der Waals surface area contributed by atoms with Crippen LogP contribution in [0.15, 0.2) is 12.7 Å². The molecule has 0 saturated carbocycles. The molecule has 0 aliphatic carbocycles. The van der Waals surface area contributed by atoms with E-state index >= 15 is 0 Å². The Morgan fingerprint density at radius 1 is 1.44 bits per heavy atom. The number of carboxylic acids is 1. The normalized spacial score (nSPS) is 23.9. The molecule has 1 aliphatic rings. The van der Waals surface area contributed by atoms with Crippen molar-refractivity contribution in [3.63, 3.8) is 0 Å². The molecule has 1 N–H and O–H groups in total. The number of hydrogen-bond acceptors (Lipinski definition) is 4. The summed E-state index contributed by atoms with van der Waals surface area (Å²) in [6, 6.07) is 0. The van der Waals surface area contributed by atoms with Crippen LogP contribution in [0.2, 0.25) is 0 Å². The number of hydrogen-bond donors (Lipinski definition) is 1. The number of piperidine rings is 1. The fourth-order valence-electron chi connectivity index (χ4n) is 2.28. The second-order valence-electron chi connectivity index (χ2n) is 4.67. The van der Waals surface area contributed by atoms with Crippen molar-refractivity contribution < 1.29 is 14.7 Å². The van der Waals surface area contributed by atoms with Crippen molar-refractivity contribution in [1.29, 1.82) is 0 Å². The minimum absolute atomic E-state index is 0.0306. The zero-order valence-corrected chi connectivity index (χ0v) is 10.2. The Hall–Kier alpha value is -1.92. The molecule has 7 heteroatoms. The van der Waals surface area contributed by atoms with Gasteiger partial charge in [-0.15, -0.1) is 0 Å². The first-order valence-corrected chi connectivity index (χ1v) is 5.90. The van der Waals surface area contributed by atoms with Crippen LogP contribution in [0, 0.1) is 0 Å². The van der Waals surface area contributed by atoms with E-state index < -0.39 is 11.5 Å². The van der Waals surface area contributed by atoms with Gasteiger partial charge in [0.2, 0.25) is 5.91 Å². The van der Waals surface area contributed by atoms with Crippen LogP contribution in [0.1, 0.15) is 26.2 Å². The molecule has 98 valence electrons. The first-order chi connectivity index (χ1) is 8.54. The van der Waals surface area contributed by atoms with Crippen molar-refractivity contribution in [1.82, 2.24) is 19.7 Å². The molecule has 1 atom stereocenters. The predicted octanol–water partition coefficient (Wildman–Crippen LogP) is 0.134. The molecule has 1 unspecified atom stereocenters. The minimum atomic E-state index is -1.10. The van der Waals surface area contributed by atoms with Crippen molar-refractivity contribution in [3.8, 4) is 0 Å². The number of amides is 1. The molecule has 2 rings (SSSR count). The second-order valence-corrected chi connectivity index (χ2v) is 4.67. The molecule has 0 spiro atoms. The van der Waals surface area contributed by atoms with E-state index in [1.807, 2.05) is 0 Å². The quantitative estimate of drug-likeness (QED) is 0.826. The van der Waals surface area contributed by atoms with E-state index in [9.17, 15) is 14.7 Å². The molecule has 1 amide bonds. The lowest BCUT2D eigenvalue weighted by Gasteiger charge is -2.41. The largest absolute Gasteiger partial charge is 0.480 e. The third-order valence-corrected chi connectivity index (χ3v) is 3.42. The fourth-order valence-corrected chi connectivity index (χ4v) is 2.28. The number of nitrogens with zero attached hydrogens (tertiary/aromatic N) is 4. The van der Waals surface area contributed by atoms with Crippen molar-refractivity contribution in [3.05, 3.63) is 12.7 Å². The highest BCUT2D eigenvalue weighted by Crippen LogP contribution is 2.28. The lowest BCUT2D eigenvalue weighted by molar-refractivity contribution is -0.161. The van der Waals surface area contributed by atoms with Gasteiger partial charge in [0.05, 0.1) is 0 Å². The first-order valence-electron chi connectivity index (χ1n) is 5.90. The Morgan fingerprint density at radius 3 is 2.83 bits per heavy atom. The van der Waals surface area contributed by atoms with Gasteiger partial charge >= 0.3 is 5.97 Å². The van der Waals surface area contributed by atoms with Gasteiger partial charge in [-0.2, -0.15) is 5.10 Å². The van der Waals surface area contributed by atoms with E-state index in [0.29, 0.717) is 13.0 Å². The van der Waals surface area contributed by atoms with E-state index in [-0.39, 0.29) is 12.5 Å². The summed E-state index contributed by atoms with van der Waals surface area (Å²) in [6.45, 7) is 2.12. The molecule has 1 aliphatic heterocycles. The molecule has 0 radical (unpaired) electrons. The number of carbonyl (C=O) groups excluding carboxylic acids is 1. The van der Waals surface area contributed by atoms with Crippen LogP contribution in [0.5, 0.6) is 0 Å². The van der Waals surface area contributed by atoms with E-state index in [1.165, 1.54) is 22.2 Å². The number of aromatic nitrogens is 3. The number of likely N-dealkylation sites (tertiary alicyclic amines) is 1. The number of aliphatic carboxylic acids is 1. The van der Waals surface area contributed by atoms with Crippen LogP contribution in [-0.2, 0) is 16.1 Å². The van der Waals surface area contributed by atoms with Crippen LogP contribution >= 0.6 is 0 Å². The van der Waals surface area contributed by atoms with Gasteiger partial charge in [0.15, 0.2) is 0 Å². The summed E-state index contributed by atoms with van der Waals surface area (Å²) >= 11 is 0. The van der Waals surface area contributed by atoms with Gasteiger partial charge in [-0.25, -0.2) is 14.5 Å².